The van der Waals surface area contributed by atoms with Crippen molar-refractivity contribution in [2.75, 3.05) is 0 Å². The Kier molecular flexibility index (Phi) is 5.78. The summed E-state index contributed by atoms with van der Waals surface area (Å²) >= 11 is 17.0. The Morgan fingerprint density at radius 2 is 1.50 bits per heavy atom. The van der Waals surface area contributed by atoms with Gasteiger partial charge < -0.3 is 0 Å². The Balaban J connectivity index is 2.35. The highest BCUT2D eigenvalue weighted by molar-refractivity contribution is 6.34. The van der Waals surface area contributed by atoms with Crippen molar-refractivity contribution in [2.45, 2.75) is 12.6 Å². The maximum atomic E-state index is 13.3. The summed E-state index contributed by atoms with van der Waals surface area (Å²) in [7, 11) is 0. The summed E-state index contributed by atoms with van der Waals surface area (Å²) in [5.74, 6) is -2.73. The van der Waals surface area contributed by atoms with Gasteiger partial charge in [0, 0.05) is 22.0 Å². The predicted octanol–water partition coefficient (Wildman–Crippen LogP) is 6.54. The molecule has 2 aromatic carbocycles. The first-order chi connectivity index (χ1) is 11.1. The van der Waals surface area contributed by atoms with Crippen LogP contribution in [0.4, 0.5) is 17.6 Å². The molecule has 0 aromatic heterocycles. The van der Waals surface area contributed by atoms with E-state index in [-0.39, 0.29) is 26.2 Å². The van der Waals surface area contributed by atoms with Gasteiger partial charge in [-0.25, -0.2) is 4.39 Å². The van der Waals surface area contributed by atoms with Crippen LogP contribution in [-0.4, -0.2) is 12.0 Å². The van der Waals surface area contributed by atoms with E-state index in [0.29, 0.717) is 0 Å². The zero-order valence-electron chi connectivity index (χ0n) is 11.7. The molecule has 2 aromatic rings. The third kappa shape index (κ3) is 4.62. The van der Waals surface area contributed by atoms with Crippen molar-refractivity contribution in [1.82, 2.24) is 0 Å². The molecule has 1 nitrogen and oxygen atoms in total. The number of halogens is 7. The van der Waals surface area contributed by atoms with Crippen molar-refractivity contribution >= 4 is 40.6 Å². The lowest BCUT2D eigenvalue weighted by Crippen LogP contribution is -2.24. The predicted molar refractivity (Wildman–Crippen MR) is 85.2 cm³/mol. The second kappa shape index (κ2) is 7.30. The van der Waals surface area contributed by atoms with E-state index >= 15 is 0 Å². The minimum atomic E-state index is -4.77. The Morgan fingerprint density at radius 3 is 2.00 bits per heavy atom. The maximum absolute atomic E-state index is 13.3. The maximum Gasteiger partial charge on any atom is 0.400 e. The number of Topliss-reactive ketones (excluding diaryl/α,β-unsaturated/α-hetero) is 1. The van der Waals surface area contributed by atoms with Crippen LogP contribution in [0.25, 0.3) is 0 Å². The van der Waals surface area contributed by atoms with Gasteiger partial charge in [-0.05, 0) is 42.0 Å². The van der Waals surface area contributed by atoms with Crippen molar-refractivity contribution in [1.29, 1.82) is 0 Å². The van der Waals surface area contributed by atoms with Crippen LogP contribution in [0.3, 0.4) is 0 Å². The minimum Gasteiger partial charge on any atom is -0.294 e. The van der Waals surface area contributed by atoms with Gasteiger partial charge in [0.1, 0.15) is 11.7 Å². The first-order valence-corrected chi connectivity index (χ1v) is 7.59. The SMILES string of the molecule is O=C(C[C](c1cc(Cl)cc(Cl)c1)C(F)(F)F)c1ccc(F)c(Cl)c1. The Bertz CT molecular complexity index is 754. The average Bonchev–Trinajstić information content (AvgIpc) is 2.45. The smallest absolute Gasteiger partial charge is 0.294 e. The molecule has 0 heterocycles. The molecule has 0 atom stereocenters. The highest BCUT2D eigenvalue weighted by Crippen LogP contribution is 2.39. The summed E-state index contributed by atoms with van der Waals surface area (Å²) in [6, 6.07) is 6.39. The van der Waals surface area contributed by atoms with Gasteiger partial charge >= 0.3 is 6.18 Å². The number of hydrogen-bond acceptors (Lipinski definition) is 1. The van der Waals surface area contributed by atoms with Crippen LogP contribution < -0.4 is 0 Å². The van der Waals surface area contributed by atoms with Crippen molar-refractivity contribution in [3.63, 3.8) is 0 Å². The van der Waals surface area contributed by atoms with E-state index in [0.717, 1.165) is 30.3 Å². The fourth-order valence-electron chi connectivity index (χ4n) is 2.03. The lowest BCUT2D eigenvalue weighted by Gasteiger charge is -2.20. The zero-order chi connectivity index (χ0) is 18.1. The van der Waals surface area contributed by atoms with Gasteiger partial charge in [-0.3, -0.25) is 4.79 Å². The molecule has 24 heavy (non-hydrogen) atoms. The number of carbonyl (C=O) groups is 1. The van der Waals surface area contributed by atoms with Gasteiger partial charge in [-0.1, -0.05) is 34.8 Å². The first kappa shape index (κ1) is 19.0. The highest BCUT2D eigenvalue weighted by atomic mass is 35.5. The van der Waals surface area contributed by atoms with Gasteiger partial charge in [0.15, 0.2) is 5.78 Å². The molecule has 0 amide bonds. The van der Waals surface area contributed by atoms with Crippen LogP contribution in [0.15, 0.2) is 36.4 Å². The van der Waals surface area contributed by atoms with E-state index in [9.17, 15) is 22.4 Å². The monoisotopic (exact) mass is 397 g/mol. The second-order valence-electron chi connectivity index (χ2n) is 4.86. The number of rotatable bonds is 4. The summed E-state index contributed by atoms with van der Waals surface area (Å²) in [6.07, 6.45) is -5.73. The Hall–Kier alpha value is -1.30. The van der Waals surface area contributed by atoms with Gasteiger partial charge in [-0.2, -0.15) is 13.2 Å². The number of benzene rings is 2. The van der Waals surface area contributed by atoms with Crippen molar-refractivity contribution in [2.24, 2.45) is 0 Å². The molecule has 0 saturated carbocycles. The molecule has 0 aliphatic heterocycles. The molecule has 0 spiro atoms. The Labute approximate surface area is 150 Å². The summed E-state index contributed by atoms with van der Waals surface area (Å²) in [5.41, 5.74) is -0.433. The quantitative estimate of drug-likeness (QED) is 0.422. The van der Waals surface area contributed by atoms with Crippen molar-refractivity contribution < 1.29 is 22.4 Å². The number of alkyl halides is 3. The van der Waals surface area contributed by atoms with Crippen LogP contribution in [0.5, 0.6) is 0 Å². The summed E-state index contributed by atoms with van der Waals surface area (Å²) in [4.78, 5) is 12.1. The summed E-state index contributed by atoms with van der Waals surface area (Å²) in [5, 5.41) is -0.326. The third-order valence-electron chi connectivity index (χ3n) is 3.13. The molecule has 0 saturated heterocycles. The molecule has 0 unspecified atom stereocenters. The number of hydrogen-bond donors (Lipinski definition) is 0. The molecular weight excluding hydrogens is 391 g/mol. The second-order valence-corrected chi connectivity index (χ2v) is 6.14. The summed E-state index contributed by atoms with van der Waals surface area (Å²) < 4.78 is 53.1. The van der Waals surface area contributed by atoms with Crippen molar-refractivity contribution in [3.05, 3.63) is 74.3 Å². The molecular formula is C16H8Cl3F4O. The van der Waals surface area contributed by atoms with E-state index < -0.39 is 30.1 Å². The normalized spacial score (nSPS) is 11.8. The molecule has 8 heteroatoms. The average molecular weight is 399 g/mol. The molecule has 0 bridgehead atoms. The van der Waals surface area contributed by atoms with E-state index in [2.05, 4.69) is 0 Å². The highest BCUT2D eigenvalue weighted by Gasteiger charge is 2.43. The molecule has 0 N–H and O–H groups in total. The fourth-order valence-corrected chi connectivity index (χ4v) is 2.73. The van der Waals surface area contributed by atoms with Crippen LogP contribution in [-0.2, 0) is 0 Å². The van der Waals surface area contributed by atoms with Gasteiger partial charge in [0.25, 0.3) is 0 Å². The van der Waals surface area contributed by atoms with Crippen molar-refractivity contribution in [3.8, 4) is 0 Å². The minimum absolute atomic E-state index is 0.0107. The van der Waals surface area contributed by atoms with Gasteiger partial charge in [0.2, 0.25) is 0 Å². The van der Waals surface area contributed by atoms with Gasteiger partial charge in [0.05, 0.1) is 5.02 Å². The number of ketones is 1. The topological polar surface area (TPSA) is 17.1 Å². The molecule has 127 valence electrons. The lowest BCUT2D eigenvalue weighted by molar-refractivity contribution is -0.110. The van der Waals surface area contributed by atoms with Crippen LogP contribution in [0.1, 0.15) is 22.3 Å². The van der Waals surface area contributed by atoms with Crippen LogP contribution in [0.2, 0.25) is 15.1 Å². The fraction of sp³-hybridized carbons (Fsp3) is 0.125. The van der Waals surface area contributed by atoms with Crippen LogP contribution in [0, 0.1) is 11.7 Å². The molecule has 0 aliphatic rings. The van der Waals surface area contributed by atoms with Gasteiger partial charge in [-0.15, -0.1) is 0 Å². The lowest BCUT2D eigenvalue weighted by atomic mass is 9.91. The third-order valence-corrected chi connectivity index (χ3v) is 3.86. The van der Waals surface area contributed by atoms with E-state index in [1.165, 1.54) is 6.07 Å². The van der Waals surface area contributed by atoms with E-state index in [4.69, 9.17) is 34.8 Å². The first-order valence-electron chi connectivity index (χ1n) is 6.45. The molecule has 1 radical (unpaired) electrons. The molecule has 2 rings (SSSR count). The molecule has 0 aliphatic carbocycles. The van der Waals surface area contributed by atoms with E-state index in [1.807, 2.05) is 0 Å². The summed E-state index contributed by atoms with van der Waals surface area (Å²) in [6.45, 7) is 0. The van der Waals surface area contributed by atoms with Crippen LogP contribution >= 0.6 is 34.8 Å². The van der Waals surface area contributed by atoms with E-state index in [1.54, 1.807) is 0 Å². The largest absolute Gasteiger partial charge is 0.400 e. The standard InChI is InChI=1S/C16H8Cl3F4O/c17-10-3-9(4-11(18)6-10)12(16(21,22)23)7-15(24)8-1-2-14(20)13(19)5-8/h1-6H,7H2. The number of carbonyl (C=O) groups excluding carboxylic acids is 1. The Morgan fingerprint density at radius 1 is 0.917 bits per heavy atom. The molecule has 0 fully saturated rings. The zero-order valence-corrected chi connectivity index (χ0v) is 14.0.